The zero-order valence-electron chi connectivity index (χ0n) is 16.9. The Hall–Kier alpha value is -2.38. The summed E-state index contributed by atoms with van der Waals surface area (Å²) in [4.78, 5) is 24.3. The van der Waals surface area contributed by atoms with E-state index < -0.39 is 5.91 Å². The Morgan fingerprint density at radius 2 is 1.63 bits per heavy atom. The molecule has 156 valence electrons. The molecule has 0 unspecified atom stereocenters. The van der Waals surface area contributed by atoms with Crippen molar-refractivity contribution < 1.29 is 14.3 Å². The largest absolute Gasteiger partial charge is 0.483 e. The van der Waals surface area contributed by atoms with Crippen molar-refractivity contribution in [3.8, 4) is 5.75 Å². The SMILES string of the molecule is CC(C)(C)c1ccc(C(=O)NNC(=O)COc2ccc3cc(Br)ccc3c2Br)cc1. The standard InChI is InChI=1S/C23H22Br2N2O3/c1-23(2,3)16-7-4-14(5-8-16)22(29)27-26-20(28)13-30-19-11-6-15-12-17(24)9-10-18(15)21(19)25/h4-12H,13H2,1-3H3,(H,26,28)(H,27,29). The summed E-state index contributed by atoms with van der Waals surface area (Å²) in [5.74, 6) is -0.303. The lowest BCUT2D eigenvalue weighted by molar-refractivity contribution is -0.123. The summed E-state index contributed by atoms with van der Waals surface area (Å²) in [7, 11) is 0. The average molecular weight is 534 g/mol. The zero-order chi connectivity index (χ0) is 21.9. The Morgan fingerprint density at radius 3 is 2.30 bits per heavy atom. The third-order valence-electron chi connectivity index (χ3n) is 4.57. The van der Waals surface area contributed by atoms with Crippen molar-refractivity contribution in [2.45, 2.75) is 26.2 Å². The third kappa shape index (κ3) is 5.40. The number of ether oxygens (including phenoxy) is 1. The molecule has 7 heteroatoms. The van der Waals surface area contributed by atoms with E-state index >= 15 is 0 Å². The van der Waals surface area contributed by atoms with Gasteiger partial charge in [-0.3, -0.25) is 20.4 Å². The lowest BCUT2D eigenvalue weighted by Gasteiger charge is -2.19. The molecule has 5 nitrogen and oxygen atoms in total. The maximum Gasteiger partial charge on any atom is 0.276 e. The molecule has 3 rings (SSSR count). The van der Waals surface area contributed by atoms with Crippen LogP contribution in [0.15, 0.2) is 63.5 Å². The fraction of sp³-hybridized carbons (Fsp3) is 0.217. The van der Waals surface area contributed by atoms with Crippen molar-refractivity contribution in [3.63, 3.8) is 0 Å². The highest BCUT2D eigenvalue weighted by Gasteiger charge is 2.15. The van der Waals surface area contributed by atoms with Crippen LogP contribution < -0.4 is 15.6 Å². The highest BCUT2D eigenvalue weighted by molar-refractivity contribution is 9.11. The molecule has 0 saturated carbocycles. The van der Waals surface area contributed by atoms with Gasteiger partial charge in [0.25, 0.3) is 11.8 Å². The second kappa shape index (κ2) is 9.18. The van der Waals surface area contributed by atoms with E-state index in [1.165, 1.54) is 0 Å². The summed E-state index contributed by atoms with van der Waals surface area (Å²) in [5.41, 5.74) is 6.39. The third-order valence-corrected chi connectivity index (χ3v) is 5.88. The predicted molar refractivity (Wildman–Crippen MR) is 126 cm³/mol. The number of hydrogen-bond donors (Lipinski definition) is 2. The molecule has 0 saturated heterocycles. The van der Waals surface area contributed by atoms with Crippen LogP contribution in [0.3, 0.4) is 0 Å². The lowest BCUT2D eigenvalue weighted by atomic mass is 9.87. The number of fused-ring (bicyclic) bond motifs is 1. The first-order chi connectivity index (χ1) is 14.1. The van der Waals surface area contributed by atoms with E-state index in [0.717, 1.165) is 25.3 Å². The van der Waals surface area contributed by atoms with Gasteiger partial charge in [-0.15, -0.1) is 0 Å². The van der Waals surface area contributed by atoms with Crippen LogP contribution >= 0.6 is 31.9 Å². The maximum absolute atomic E-state index is 12.2. The molecule has 0 aliphatic heterocycles. The van der Waals surface area contributed by atoms with Crippen molar-refractivity contribution in [2.75, 3.05) is 6.61 Å². The van der Waals surface area contributed by atoms with Crippen LogP contribution in [0.4, 0.5) is 0 Å². The number of hydrogen-bond acceptors (Lipinski definition) is 3. The van der Waals surface area contributed by atoms with Crippen LogP contribution in [0.5, 0.6) is 5.75 Å². The van der Waals surface area contributed by atoms with Crippen molar-refractivity contribution in [1.82, 2.24) is 10.9 Å². The molecular formula is C23H22Br2N2O3. The summed E-state index contributed by atoms with van der Waals surface area (Å²) >= 11 is 6.98. The minimum absolute atomic E-state index is 0.00803. The second-order valence-corrected chi connectivity index (χ2v) is 9.57. The van der Waals surface area contributed by atoms with Crippen molar-refractivity contribution in [3.05, 3.63) is 74.7 Å². The second-order valence-electron chi connectivity index (χ2n) is 7.86. The molecule has 0 aliphatic rings. The highest BCUT2D eigenvalue weighted by atomic mass is 79.9. The van der Waals surface area contributed by atoms with Gasteiger partial charge in [-0.1, -0.05) is 61.0 Å². The summed E-state index contributed by atoms with van der Waals surface area (Å²) in [5, 5.41) is 2.01. The van der Waals surface area contributed by atoms with Gasteiger partial charge in [0.2, 0.25) is 0 Å². The molecule has 3 aromatic carbocycles. The molecule has 30 heavy (non-hydrogen) atoms. The Kier molecular flexibility index (Phi) is 6.83. The highest BCUT2D eigenvalue weighted by Crippen LogP contribution is 2.34. The van der Waals surface area contributed by atoms with E-state index in [0.29, 0.717) is 11.3 Å². The monoisotopic (exact) mass is 532 g/mol. The smallest absolute Gasteiger partial charge is 0.276 e. The van der Waals surface area contributed by atoms with Gasteiger partial charge in [-0.25, -0.2) is 0 Å². The fourth-order valence-corrected chi connectivity index (χ4v) is 3.84. The average Bonchev–Trinajstić information content (AvgIpc) is 2.71. The van der Waals surface area contributed by atoms with E-state index in [1.54, 1.807) is 18.2 Å². The molecule has 0 spiro atoms. The number of benzene rings is 3. The van der Waals surface area contributed by atoms with Crippen molar-refractivity contribution >= 4 is 54.4 Å². The van der Waals surface area contributed by atoms with Crippen LogP contribution in [-0.4, -0.2) is 18.4 Å². The van der Waals surface area contributed by atoms with Gasteiger partial charge >= 0.3 is 0 Å². The van der Waals surface area contributed by atoms with Crippen molar-refractivity contribution in [2.24, 2.45) is 0 Å². The first-order valence-corrected chi connectivity index (χ1v) is 10.9. The molecule has 2 N–H and O–H groups in total. The van der Waals surface area contributed by atoms with E-state index in [-0.39, 0.29) is 17.9 Å². The van der Waals surface area contributed by atoms with Crippen LogP contribution in [-0.2, 0) is 10.2 Å². The lowest BCUT2D eigenvalue weighted by Crippen LogP contribution is -2.43. The van der Waals surface area contributed by atoms with E-state index in [9.17, 15) is 9.59 Å². The fourth-order valence-electron chi connectivity index (χ4n) is 2.85. The topological polar surface area (TPSA) is 67.4 Å². The number of rotatable bonds is 4. The minimum atomic E-state index is -0.461. The maximum atomic E-state index is 12.2. The summed E-state index contributed by atoms with van der Waals surface area (Å²) in [6.07, 6.45) is 0. The van der Waals surface area contributed by atoms with Gasteiger partial charge in [0.1, 0.15) is 5.75 Å². The van der Waals surface area contributed by atoms with Crippen molar-refractivity contribution in [1.29, 1.82) is 0 Å². The summed E-state index contributed by atoms with van der Waals surface area (Å²) < 4.78 is 7.36. The molecule has 0 aliphatic carbocycles. The van der Waals surface area contributed by atoms with Gasteiger partial charge in [0, 0.05) is 10.0 Å². The number of carbonyl (C=O) groups is 2. The van der Waals surface area contributed by atoms with Crippen LogP contribution in [0.1, 0.15) is 36.7 Å². The number of amides is 2. The van der Waals surface area contributed by atoms with Gasteiger partial charge in [0.15, 0.2) is 6.61 Å². The van der Waals surface area contributed by atoms with Gasteiger partial charge in [-0.05, 0) is 68.0 Å². The first-order valence-electron chi connectivity index (χ1n) is 9.35. The Bertz CT molecular complexity index is 1090. The molecule has 0 fully saturated rings. The number of carbonyl (C=O) groups excluding carboxylic acids is 2. The molecule has 0 radical (unpaired) electrons. The molecule has 3 aromatic rings. The van der Waals surface area contributed by atoms with Gasteiger partial charge < -0.3 is 4.74 Å². The normalized spacial score (nSPS) is 11.2. The van der Waals surface area contributed by atoms with Crippen LogP contribution in [0, 0.1) is 0 Å². The van der Waals surface area contributed by atoms with E-state index in [2.05, 4.69) is 63.5 Å². The molecule has 0 aromatic heterocycles. The summed E-state index contributed by atoms with van der Waals surface area (Å²) in [6, 6.07) is 16.9. The Labute approximate surface area is 192 Å². The summed E-state index contributed by atoms with van der Waals surface area (Å²) in [6.45, 7) is 6.09. The quantitative estimate of drug-likeness (QED) is 0.435. The molecule has 2 amide bonds. The first kappa shape index (κ1) is 22.3. The van der Waals surface area contributed by atoms with E-state index in [4.69, 9.17) is 4.74 Å². The van der Waals surface area contributed by atoms with Gasteiger partial charge in [-0.2, -0.15) is 0 Å². The Balaban J connectivity index is 1.55. The molecule has 0 bridgehead atoms. The predicted octanol–water partition coefficient (Wildman–Crippen LogP) is 5.50. The van der Waals surface area contributed by atoms with Crippen LogP contribution in [0.2, 0.25) is 0 Å². The van der Waals surface area contributed by atoms with E-state index in [1.807, 2.05) is 36.4 Å². The Morgan fingerprint density at radius 1 is 0.933 bits per heavy atom. The van der Waals surface area contributed by atoms with Crippen LogP contribution in [0.25, 0.3) is 10.8 Å². The minimum Gasteiger partial charge on any atom is -0.483 e. The van der Waals surface area contributed by atoms with Gasteiger partial charge in [0.05, 0.1) is 4.47 Å². The number of nitrogens with one attached hydrogen (secondary N) is 2. The molecule has 0 atom stereocenters. The molecular weight excluding hydrogens is 512 g/mol. The number of halogens is 2. The molecule has 0 heterocycles. The zero-order valence-corrected chi connectivity index (χ0v) is 20.1. The number of hydrazine groups is 1.